The molecule has 0 saturated carbocycles. The van der Waals surface area contributed by atoms with Gasteiger partial charge in [0.25, 0.3) is 0 Å². The van der Waals surface area contributed by atoms with Crippen molar-refractivity contribution >= 4 is 5.91 Å². The Bertz CT molecular complexity index is 427. The number of nitrogens with zero attached hydrogens (tertiary/aromatic N) is 1. The maximum atomic E-state index is 12.1. The average molecular weight is 263 g/mol. The van der Waals surface area contributed by atoms with E-state index in [0.717, 1.165) is 30.9 Å². The summed E-state index contributed by atoms with van der Waals surface area (Å²) < 4.78 is 10.5. The third-order valence-electron chi connectivity index (χ3n) is 3.47. The number of amides is 1. The minimum Gasteiger partial charge on any atom is -0.497 e. The highest BCUT2D eigenvalue weighted by molar-refractivity contribution is 5.76. The van der Waals surface area contributed by atoms with Gasteiger partial charge in [-0.3, -0.25) is 4.79 Å². The molecular formula is C15H21NO3. The molecule has 1 atom stereocenters. The molecule has 0 radical (unpaired) electrons. The van der Waals surface area contributed by atoms with E-state index in [-0.39, 0.29) is 5.91 Å². The minimum absolute atomic E-state index is 0.179. The normalized spacial score (nSPS) is 18.3. The molecule has 4 heteroatoms. The van der Waals surface area contributed by atoms with Gasteiger partial charge < -0.3 is 14.4 Å². The summed E-state index contributed by atoms with van der Waals surface area (Å²) in [7, 11) is 3.49. The lowest BCUT2D eigenvalue weighted by molar-refractivity contribution is -0.131. The molecule has 19 heavy (non-hydrogen) atoms. The molecule has 0 aromatic heterocycles. The lowest BCUT2D eigenvalue weighted by Gasteiger charge is -2.19. The van der Waals surface area contributed by atoms with Crippen molar-refractivity contribution in [2.45, 2.75) is 19.4 Å². The van der Waals surface area contributed by atoms with Crippen molar-refractivity contribution in [2.24, 2.45) is 5.92 Å². The molecule has 1 aliphatic heterocycles. The largest absolute Gasteiger partial charge is 0.497 e. The van der Waals surface area contributed by atoms with E-state index in [9.17, 15) is 4.79 Å². The summed E-state index contributed by atoms with van der Waals surface area (Å²) in [4.78, 5) is 13.9. The van der Waals surface area contributed by atoms with Crippen LogP contribution in [0.1, 0.15) is 18.4 Å². The zero-order valence-electron chi connectivity index (χ0n) is 11.6. The monoisotopic (exact) mass is 263 g/mol. The molecule has 1 aromatic rings. The predicted molar refractivity (Wildman–Crippen MR) is 73.0 cm³/mol. The van der Waals surface area contributed by atoms with Gasteiger partial charge in [0.05, 0.1) is 7.11 Å². The van der Waals surface area contributed by atoms with Gasteiger partial charge >= 0.3 is 0 Å². The molecule has 104 valence electrons. The minimum atomic E-state index is 0.179. The molecule has 4 nitrogen and oxygen atoms in total. The first-order chi connectivity index (χ1) is 9.19. The highest BCUT2D eigenvalue weighted by Gasteiger charge is 2.21. The molecule has 1 amide bonds. The predicted octanol–water partition coefficient (Wildman–Crippen LogP) is 2.08. The number of rotatable bonds is 5. The molecule has 1 fully saturated rings. The third kappa shape index (κ3) is 3.96. The van der Waals surface area contributed by atoms with Gasteiger partial charge in [-0.1, -0.05) is 12.1 Å². The van der Waals surface area contributed by atoms with Crippen LogP contribution in [0, 0.1) is 5.92 Å². The Morgan fingerprint density at radius 3 is 3.05 bits per heavy atom. The molecule has 0 spiro atoms. The number of methoxy groups -OCH3 is 1. The Balaban J connectivity index is 1.88. The Kier molecular flexibility index (Phi) is 4.80. The highest BCUT2D eigenvalue weighted by Crippen LogP contribution is 2.18. The van der Waals surface area contributed by atoms with Crippen molar-refractivity contribution in [3.05, 3.63) is 29.8 Å². The van der Waals surface area contributed by atoms with Crippen LogP contribution in [0.3, 0.4) is 0 Å². The van der Waals surface area contributed by atoms with Gasteiger partial charge in [-0.15, -0.1) is 0 Å². The number of hydrogen-bond acceptors (Lipinski definition) is 3. The molecule has 1 aromatic carbocycles. The number of carbonyl (C=O) groups is 1. The van der Waals surface area contributed by atoms with E-state index in [0.29, 0.717) is 18.9 Å². The van der Waals surface area contributed by atoms with Gasteiger partial charge in [0, 0.05) is 33.2 Å². The first kappa shape index (κ1) is 13.9. The smallest absolute Gasteiger partial charge is 0.222 e. The lowest BCUT2D eigenvalue weighted by atomic mass is 10.0. The van der Waals surface area contributed by atoms with Gasteiger partial charge in [0.15, 0.2) is 0 Å². The maximum absolute atomic E-state index is 12.1. The van der Waals surface area contributed by atoms with Crippen molar-refractivity contribution in [3.63, 3.8) is 0 Å². The fourth-order valence-electron chi connectivity index (χ4n) is 2.28. The fraction of sp³-hybridized carbons (Fsp3) is 0.533. The van der Waals surface area contributed by atoms with E-state index in [1.807, 2.05) is 31.3 Å². The number of benzene rings is 1. The van der Waals surface area contributed by atoms with E-state index in [1.165, 1.54) is 0 Å². The van der Waals surface area contributed by atoms with Gasteiger partial charge in [-0.05, 0) is 30.0 Å². The van der Waals surface area contributed by atoms with Crippen LogP contribution in [0.5, 0.6) is 5.75 Å². The fourth-order valence-corrected chi connectivity index (χ4v) is 2.28. The second-order valence-corrected chi connectivity index (χ2v) is 5.04. The van der Waals surface area contributed by atoms with Crippen LogP contribution < -0.4 is 4.74 Å². The van der Waals surface area contributed by atoms with Crippen molar-refractivity contribution in [2.75, 3.05) is 27.4 Å². The first-order valence-electron chi connectivity index (χ1n) is 6.63. The van der Waals surface area contributed by atoms with E-state index < -0.39 is 0 Å². The Labute approximate surface area is 114 Å². The van der Waals surface area contributed by atoms with Crippen molar-refractivity contribution in [1.29, 1.82) is 0 Å². The topological polar surface area (TPSA) is 38.8 Å². The van der Waals surface area contributed by atoms with E-state index >= 15 is 0 Å². The summed E-state index contributed by atoms with van der Waals surface area (Å²) in [5, 5.41) is 0. The SMILES string of the molecule is COc1cccc(CN(C)C(=O)C[C@@H]2CCOC2)c1. The summed E-state index contributed by atoms with van der Waals surface area (Å²) in [6.07, 6.45) is 1.58. The standard InChI is InChI=1S/C15H21NO3/c1-16(15(17)9-13-6-7-19-11-13)10-12-4-3-5-14(8-12)18-2/h3-5,8,13H,6-7,9-11H2,1-2H3/t13-/m0/s1. The highest BCUT2D eigenvalue weighted by atomic mass is 16.5. The number of ether oxygens (including phenoxy) is 2. The molecule has 0 N–H and O–H groups in total. The molecular weight excluding hydrogens is 242 g/mol. The van der Waals surface area contributed by atoms with Crippen LogP contribution in [0.15, 0.2) is 24.3 Å². The molecule has 0 unspecified atom stereocenters. The molecule has 1 saturated heterocycles. The molecule has 0 aliphatic carbocycles. The van der Waals surface area contributed by atoms with Crippen LogP contribution in [-0.4, -0.2) is 38.2 Å². The summed E-state index contributed by atoms with van der Waals surface area (Å²) in [6.45, 7) is 2.12. The number of hydrogen-bond donors (Lipinski definition) is 0. The van der Waals surface area contributed by atoms with Crippen LogP contribution in [-0.2, 0) is 16.1 Å². The average Bonchev–Trinajstić information content (AvgIpc) is 2.91. The van der Waals surface area contributed by atoms with Crippen LogP contribution in [0.4, 0.5) is 0 Å². The molecule has 2 rings (SSSR count). The summed E-state index contributed by atoms with van der Waals surface area (Å²) in [6, 6.07) is 7.81. The summed E-state index contributed by atoms with van der Waals surface area (Å²) in [5.41, 5.74) is 1.08. The second kappa shape index (κ2) is 6.57. The van der Waals surface area contributed by atoms with Crippen molar-refractivity contribution < 1.29 is 14.3 Å². The Morgan fingerprint density at radius 1 is 1.53 bits per heavy atom. The number of carbonyl (C=O) groups excluding carboxylic acids is 1. The maximum Gasteiger partial charge on any atom is 0.222 e. The van der Waals surface area contributed by atoms with Crippen molar-refractivity contribution in [1.82, 2.24) is 4.90 Å². The van der Waals surface area contributed by atoms with Gasteiger partial charge in [0.2, 0.25) is 5.91 Å². The van der Waals surface area contributed by atoms with Gasteiger partial charge in [-0.2, -0.15) is 0 Å². The van der Waals surface area contributed by atoms with Crippen LogP contribution >= 0.6 is 0 Å². The van der Waals surface area contributed by atoms with Crippen LogP contribution in [0.2, 0.25) is 0 Å². The quantitative estimate of drug-likeness (QED) is 0.816. The van der Waals surface area contributed by atoms with E-state index in [4.69, 9.17) is 9.47 Å². The Hall–Kier alpha value is -1.55. The second-order valence-electron chi connectivity index (χ2n) is 5.04. The Morgan fingerprint density at radius 2 is 2.37 bits per heavy atom. The van der Waals surface area contributed by atoms with E-state index in [1.54, 1.807) is 12.0 Å². The van der Waals surface area contributed by atoms with Gasteiger partial charge in [-0.25, -0.2) is 0 Å². The zero-order valence-corrected chi connectivity index (χ0v) is 11.6. The third-order valence-corrected chi connectivity index (χ3v) is 3.47. The summed E-state index contributed by atoms with van der Waals surface area (Å²) >= 11 is 0. The van der Waals surface area contributed by atoms with Crippen LogP contribution in [0.25, 0.3) is 0 Å². The first-order valence-corrected chi connectivity index (χ1v) is 6.63. The zero-order chi connectivity index (χ0) is 13.7. The summed E-state index contributed by atoms with van der Waals surface area (Å²) in [5.74, 6) is 1.39. The van der Waals surface area contributed by atoms with Crippen molar-refractivity contribution in [3.8, 4) is 5.75 Å². The molecule has 1 heterocycles. The van der Waals surface area contributed by atoms with E-state index in [2.05, 4.69) is 0 Å². The molecule has 1 aliphatic rings. The van der Waals surface area contributed by atoms with Gasteiger partial charge in [0.1, 0.15) is 5.75 Å². The molecule has 0 bridgehead atoms. The lowest BCUT2D eigenvalue weighted by Crippen LogP contribution is -2.28.